The number of carbonyl (C=O) groups is 3. The Bertz CT molecular complexity index is 1090. The molecule has 8 heteroatoms. The predicted octanol–water partition coefficient (Wildman–Crippen LogP) is 3.29. The first-order valence-corrected chi connectivity index (χ1v) is 12.2. The number of carbonyl (C=O) groups excluding carboxylic acids is 3. The van der Waals surface area contributed by atoms with Crippen molar-refractivity contribution in [2.24, 2.45) is 5.92 Å². The van der Waals surface area contributed by atoms with E-state index in [9.17, 15) is 14.4 Å². The molecule has 4 rings (SSSR count). The number of benzene rings is 2. The topological polar surface area (TPSA) is 97.0 Å². The summed E-state index contributed by atoms with van der Waals surface area (Å²) in [5, 5.41) is 5.97. The van der Waals surface area contributed by atoms with Crippen molar-refractivity contribution in [3.63, 3.8) is 0 Å². The fourth-order valence-electron chi connectivity index (χ4n) is 4.49. The van der Waals surface area contributed by atoms with E-state index in [2.05, 4.69) is 10.6 Å². The lowest BCUT2D eigenvalue weighted by atomic mass is 9.88. The van der Waals surface area contributed by atoms with Crippen LogP contribution in [0.1, 0.15) is 59.4 Å². The van der Waals surface area contributed by atoms with Crippen molar-refractivity contribution in [1.29, 1.82) is 0 Å². The number of aryl methyl sites for hydroxylation is 1. The van der Waals surface area contributed by atoms with Crippen LogP contribution < -0.4 is 20.1 Å². The highest BCUT2D eigenvalue weighted by atomic mass is 16.7. The van der Waals surface area contributed by atoms with Gasteiger partial charge in [0.2, 0.25) is 12.7 Å². The minimum absolute atomic E-state index is 0.00264. The van der Waals surface area contributed by atoms with E-state index in [0.29, 0.717) is 48.6 Å². The van der Waals surface area contributed by atoms with Crippen LogP contribution in [0.4, 0.5) is 0 Å². The zero-order valence-corrected chi connectivity index (χ0v) is 20.5. The Morgan fingerprint density at radius 2 is 1.74 bits per heavy atom. The van der Waals surface area contributed by atoms with Gasteiger partial charge >= 0.3 is 0 Å². The molecule has 0 bridgehead atoms. The smallest absolute Gasteiger partial charge is 0.253 e. The number of ether oxygens (including phenoxy) is 2. The standard InChI is InChI=1S/C27H33N3O5/c1-4-18(3)28-26(32)24(29-25(31)20-8-9-22-23(15-20)35-16-34-22)19-10-12-30(13-11-19)27(33)21-7-5-6-17(2)14-21/h5-9,14-15,18-19,24H,4,10-13,16H2,1-3H3,(H,28,32)(H,29,31)/t18-,24-/m1/s1. The summed E-state index contributed by atoms with van der Waals surface area (Å²) in [6, 6.07) is 11.9. The van der Waals surface area contributed by atoms with E-state index in [1.54, 1.807) is 18.2 Å². The summed E-state index contributed by atoms with van der Waals surface area (Å²) in [5.74, 6) is 0.484. The van der Waals surface area contributed by atoms with Crippen molar-refractivity contribution < 1.29 is 23.9 Å². The van der Waals surface area contributed by atoms with Gasteiger partial charge in [0.05, 0.1) is 0 Å². The van der Waals surface area contributed by atoms with Crippen LogP contribution in [0.2, 0.25) is 0 Å². The number of nitrogens with one attached hydrogen (secondary N) is 2. The van der Waals surface area contributed by atoms with E-state index in [1.165, 1.54) is 0 Å². The number of likely N-dealkylation sites (tertiary alicyclic amines) is 1. The quantitative estimate of drug-likeness (QED) is 0.635. The lowest BCUT2D eigenvalue weighted by Crippen LogP contribution is -2.55. The third-order valence-electron chi connectivity index (χ3n) is 6.77. The number of fused-ring (bicyclic) bond motifs is 1. The Labute approximate surface area is 206 Å². The SMILES string of the molecule is CC[C@@H](C)NC(=O)[C@H](NC(=O)c1ccc2c(c1)OCO2)C1CCN(C(=O)c2cccc(C)c2)CC1. The molecule has 0 unspecified atom stereocenters. The molecule has 0 saturated carbocycles. The molecule has 8 nitrogen and oxygen atoms in total. The Morgan fingerprint density at radius 3 is 2.46 bits per heavy atom. The van der Waals surface area contributed by atoms with Gasteiger partial charge in [-0.05, 0) is 69.4 Å². The van der Waals surface area contributed by atoms with Gasteiger partial charge in [-0.2, -0.15) is 0 Å². The molecule has 3 amide bonds. The molecule has 35 heavy (non-hydrogen) atoms. The third-order valence-corrected chi connectivity index (χ3v) is 6.77. The van der Waals surface area contributed by atoms with Crippen molar-refractivity contribution in [3.8, 4) is 11.5 Å². The van der Waals surface area contributed by atoms with E-state index < -0.39 is 6.04 Å². The largest absolute Gasteiger partial charge is 0.454 e. The van der Waals surface area contributed by atoms with E-state index >= 15 is 0 Å². The molecule has 1 fully saturated rings. The predicted molar refractivity (Wildman–Crippen MR) is 132 cm³/mol. The number of piperidine rings is 1. The fourth-order valence-corrected chi connectivity index (χ4v) is 4.49. The van der Waals surface area contributed by atoms with E-state index in [-0.39, 0.29) is 36.5 Å². The summed E-state index contributed by atoms with van der Waals surface area (Å²) in [4.78, 5) is 41.1. The Hall–Kier alpha value is -3.55. The second-order valence-corrected chi connectivity index (χ2v) is 9.34. The van der Waals surface area contributed by atoms with Crippen LogP contribution in [-0.4, -0.2) is 54.6 Å². The number of hydrogen-bond acceptors (Lipinski definition) is 5. The van der Waals surface area contributed by atoms with E-state index in [0.717, 1.165) is 12.0 Å². The molecule has 2 aromatic rings. The zero-order chi connectivity index (χ0) is 24.9. The molecule has 0 radical (unpaired) electrons. The molecule has 2 heterocycles. The molecule has 2 N–H and O–H groups in total. The van der Waals surface area contributed by atoms with Gasteiger partial charge < -0.3 is 25.0 Å². The molecular weight excluding hydrogens is 446 g/mol. The summed E-state index contributed by atoms with van der Waals surface area (Å²) >= 11 is 0. The van der Waals surface area contributed by atoms with Crippen LogP contribution in [-0.2, 0) is 4.79 Å². The van der Waals surface area contributed by atoms with Gasteiger partial charge in [0.15, 0.2) is 11.5 Å². The van der Waals surface area contributed by atoms with Gasteiger partial charge in [0.1, 0.15) is 6.04 Å². The maximum absolute atomic E-state index is 13.2. The van der Waals surface area contributed by atoms with Gasteiger partial charge in [-0.1, -0.05) is 24.6 Å². The average molecular weight is 480 g/mol. The Balaban J connectivity index is 1.45. The number of nitrogens with zero attached hydrogens (tertiary/aromatic N) is 1. The maximum Gasteiger partial charge on any atom is 0.253 e. The molecule has 0 aromatic heterocycles. The molecule has 2 aliphatic rings. The normalized spacial score (nSPS) is 16.9. The first kappa shape index (κ1) is 24.6. The molecule has 2 aromatic carbocycles. The second-order valence-electron chi connectivity index (χ2n) is 9.34. The molecule has 2 atom stereocenters. The minimum atomic E-state index is -0.696. The summed E-state index contributed by atoms with van der Waals surface area (Å²) in [6.07, 6.45) is 2.03. The van der Waals surface area contributed by atoms with Gasteiger partial charge in [-0.3, -0.25) is 14.4 Å². The van der Waals surface area contributed by atoms with Crippen LogP contribution in [0.3, 0.4) is 0 Å². The van der Waals surface area contributed by atoms with E-state index in [1.807, 2.05) is 49.9 Å². The first-order chi connectivity index (χ1) is 16.9. The fraction of sp³-hybridized carbons (Fsp3) is 0.444. The minimum Gasteiger partial charge on any atom is -0.454 e. The molecular formula is C27H33N3O5. The summed E-state index contributed by atoms with van der Waals surface area (Å²) < 4.78 is 10.7. The lowest BCUT2D eigenvalue weighted by Gasteiger charge is -2.36. The Kier molecular flexibility index (Phi) is 7.58. The van der Waals surface area contributed by atoms with Crippen LogP contribution in [0.15, 0.2) is 42.5 Å². The lowest BCUT2D eigenvalue weighted by molar-refractivity contribution is -0.125. The maximum atomic E-state index is 13.2. The van der Waals surface area contributed by atoms with Crippen molar-refractivity contribution in [2.45, 2.75) is 52.1 Å². The van der Waals surface area contributed by atoms with Crippen molar-refractivity contribution >= 4 is 17.7 Å². The highest BCUT2D eigenvalue weighted by molar-refractivity contribution is 5.98. The number of hydrogen-bond donors (Lipinski definition) is 2. The molecule has 0 spiro atoms. The molecule has 1 saturated heterocycles. The van der Waals surface area contributed by atoms with Gasteiger partial charge in [-0.15, -0.1) is 0 Å². The van der Waals surface area contributed by atoms with Crippen molar-refractivity contribution in [3.05, 3.63) is 59.2 Å². The first-order valence-electron chi connectivity index (χ1n) is 12.2. The summed E-state index contributed by atoms with van der Waals surface area (Å²) in [7, 11) is 0. The average Bonchev–Trinajstić information content (AvgIpc) is 3.34. The monoisotopic (exact) mass is 479 g/mol. The highest BCUT2D eigenvalue weighted by Crippen LogP contribution is 2.32. The van der Waals surface area contributed by atoms with E-state index in [4.69, 9.17) is 9.47 Å². The van der Waals surface area contributed by atoms with Gasteiger partial charge in [-0.25, -0.2) is 0 Å². The van der Waals surface area contributed by atoms with Crippen LogP contribution >= 0.6 is 0 Å². The van der Waals surface area contributed by atoms with Crippen LogP contribution in [0.25, 0.3) is 0 Å². The number of amides is 3. The van der Waals surface area contributed by atoms with Gasteiger partial charge in [0, 0.05) is 30.3 Å². The molecule has 186 valence electrons. The summed E-state index contributed by atoms with van der Waals surface area (Å²) in [5.41, 5.74) is 2.12. The summed E-state index contributed by atoms with van der Waals surface area (Å²) in [6.45, 7) is 7.10. The molecule has 2 aliphatic heterocycles. The number of rotatable bonds is 7. The highest BCUT2D eigenvalue weighted by Gasteiger charge is 2.34. The zero-order valence-electron chi connectivity index (χ0n) is 20.5. The van der Waals surface area contributed by atoms with Crippen molar-refractivity contribution in [2.75, 3.05) is 19.9 Å². The van der Waals surface area contributed by atoms with Crippen LogP contribution in [0.5, 0.6) is 11.5 Å². The Morgan fingerprint density at radius 1 is 1.00 bits per heavy atom. The second kappa shape index (κ2) is 10.8. The van der Waals surface area contributed by atoms with Gasteiger partial charge in [0.25, 0.3) is 11.8 Å². The van der Waals surface area contributed by atoms with Crippen molar-refractivity contribution in [1.82, 2.24) is 15.5 Å². The molecule has 0 aliphatic carbocycles. The third kappa shape index (κ3) is 5.75. The van der Waals surface area contributed by atoms with Crippen LogP contribution in [0, 0.1) is 12.8 Å².